The Hall–Kier alpha value is -2.78. The summed E-state index contributed by atoms with van der Waals surface area (Å²) in [5.41, 5.74) is 0.861. The number of rotatable bonds is 9. The second-order valence-corrected chi connectivity index (χ2v) is 9.01. The summed E-state index contributed by atoms with van der Waals surface area (Å²) in [6.07, 6.45) is 6.08. The van der Waals surface area contributed by atoms with Crippen LogP contribution >= 0.6 is 11.3 Å². The summed E-state index contributed by atoms with van der Waals surface area (Å²) in [6.45, 7) is 2.03. The third-order valence-electron chi connectivity index (χ3n) is 5.70. The molecule has 7 nitrogen and oxygen atoms in total. The van der Waals surface area contributed by atoms with Gasteiger partial charge in [-0.1, -0.05) is 6.42 Å². The molecule has 3 aromatic rings. The quantitative estimate of drug-likeness (QED) is 0.524. The van der Waals surface area contributed by atoms with E-state index < -0.39 is 6.10 Å². The van der Waals surface area contributed by atoms with Crippen molar-refractivity contribution in [1.29, 1.82) is 0 Å². The SMILES string of the molecule is C[C@H](O)C(=O)CCc1cnc(-c2ccc(NCC3(c4ncccc4F)CCC3)nn2)s1. The highest BCUT2D eigenvalue weighted by molar-refractivity contribution is 7.15. The number of carbonyl (C=O) groups excluding carboxylic acids is 1. The van der Waals surface area contributed by atoms with Gasteiger partial charge >= 0.3 is 0 Å². The standard InChI is InChI=1S/C22H24FN5O2S/c1-14(29)18(30)7-5-15-12-25-21(31-15)17-6-8-19(28-27-17)26-13-22(9-3-10-22)20-16(23)4-2-11-24-20/h2,4,6,8,11-12,14,29H,3,5,7,9-10,13H2,1H3,(H,26,28)/t14-/m0/s1. The maximum absolute atomic E-state index is 14.3. The van der Waals surface area contributed by atoms with Crippen LogP contribution in [0.4, 0.5) is 10.2 Å². The molecule has 1 atom stereocenters. The van der Waals surface area contributed by atoms with Crippen LogP contribution in [0.25, 0.3) is 10.7 Å². The summed E-state index contributed by atoms with van der Waals surface area (Å²) < 4.78 is 14.3. The Balaban J connectivity index is 1.38. The van der Waals surface area contributed by atoms with Crippen LogP contribution in [0.1, 0.15) is 43.2 Å². The number of ketones is 1. The molecule has 31 heavy (non-hydrogen) atoms. The number of aliphatic hydroxyl groups is 1. The van der Waals surface area contributed by atoms with Crippen molar-refractivity contribution in [3.05, 3.63) is 53.0 Å². The molecule has 1 saturated carbocycles. The number of aryl methyl sites for hydroxylation is 1. The van der Waals surface area contributed by atoms with Crippen molar-refractivity contribution >= 4 is 22.9 Å². The lowest BCUT2D eigenvalue weighted by molar-refractivity contribution is -0.126. The van der Waals surface area contributed by atoms with Gasteiger partial charge in [0, 0.05) is 35.7 Å². The second kappa shape index (κ2) is 9.15. The number of pyridine rings is 1. The van der Waals surface area contributed by atoms with Gasteiger partial charge in [-0.15, -0.1) is 21.5 Å². The summed E-state index contributed by atoms with van der Waals surface area (Å²) in [5, 5.41) is 21.8. The Bertz CT molecular complexity index is 1050. The molecule has 0 saturated heterocycles. The number of carbonyl (C=O) groups is 1. The van der Waals surface area contributed by atoms with Gasteiger partial charge in [-0.3, -0.25) is 9.78 Å². The monoisotopic (exact) mass is 441 g/mol. The number of nitrogens with one attached hydrogen (secondary N) is 1. The van der Waals surface area contributed by atoms with Crippen molar-refractivity contribution in [3.63, 3.8) is 0 Å². The first-order valence-corrected chi connectivity index (χ1v) is 11.1. The maximum atomic E-state index is 14.3. The minimum absolute atomic E-state index is 0.181. The van der Waals surface area contributed by atoms with Gasteiger partial charge in [0.2, 0.25) is 0 Å². The molecule has 3 aromatic heterocycles. The first-order valence-electron chi connectivity index (χ1n) is 10.3. The largest absolute Gasteiger partial charge is 0.386 e. The number of halogens is 1. The first-order chi connectivity index (χ1) is 15.0. The molecule has 0 bridgehead atoms. The zero-order chi connectivity index (χ0) is 21.8. The molecule has 162 valence electrons. The summed E-state index contributed by atoms with van der Waals surface area (Å²) in [7, 11) is 0. The zero-order valence-electron chi connectivity index (χ0n) is 17.2. The van der Waals surface area contributed by atoms with Gasteiger partial charge in [0.25, 0.3) is 0 Å². The summed E-state index contributed by atoms with van der Waals surface area (Å²) >= 11 is 1.46. The minimum Gasteiger partial charge on any atom is -0.386 e. The number of thiazole rings is 1. The number of hydrogen-bond acceptors (Lipinski definition) is 8. The average molecular weight is 442 g/mol. The molecule has 0 amide bonds. The van der Waals surface area contributed by atoms with E-state index in [2.05, 4.69) is 25.5 Å². The third kappa shape index (κ3) is 4.77. The fourth-order valence-electron chi connectivity index (χ4n) is 3.67. The van der Waals surface area contributed by atoms with E-state index in [9.17, 15) is 14.3 Å². The van der Waals surface area contributed by atoms with Crippen LogP contribution in [0.3, 0.4) is 0 Å². The van der Waals surface area contributed by atoms with Crippen LogP contribution in [0.5, 0.6) is 0 Å². The molecule has 0 spiro atoms. The van der Waals surface area contributed by atoms with Crippen LogP contribution in [0, 0.1) is 5.82 Å². The normalized spacial score (nSPS) is 15.8. The number of aliphatic hydroxyl groups excluding tert-OH is 1. The van der Waals surface area contributed by atoms with E-state index in [4.69, 9.17) is 0 Å². The van der Waals surface area contributed by atoms with Crippen LogP contribution in [-0.4, -0.2) is 43.7 Å². The fourth-order valence-corrected chi connectivity index (χ4v) is 4.55. The number of aromatic nitrogens is 4. The van der Waals surface area contributed by atoms with Crippen molar-refractivity contribution in [3.8, 4) is 10.7 Å². The predicted octanol–water partition coefficient (Wildman–Crippen LogP) is 3.55. The number of hydrogen-bond donors (Lipinski definition) is 2. The molecular formula is C22H24FN5O2S. The molecule has 1 aliphatic rings. The molecule has 4 rings (SSSR count). The van der Waals surface area contributed by atoms with Crippen molar-refractivity contribution in [2.24, 2.45) is 0 Å². The summed E-state index contributed by atoms with van der Waals surface area (Å²) in [6, 6.07) is 6.74. The highest BCUT2D eigenvalue weighted by Gasteiger charge is 2.41. The average Bonchev–Trinajstić information content (AvgIpc) is 3.22. The van der Waals surface area contributed by atoms with Gasteiger partial charge in [0.15, 0.2) is 5.78 Å². The van der Waals surface area contributed by atoms with Crippen molar-refractivity contribution in [2.75, 3.05) is 11.9 Å². The molecular weight excluding hydrogens is 417 g/mol. The lowest BCUT2D eigenvalue weighted by atomic mass is 9.66. The Morgan fingerprint density at radius 3 is 2.77 bits per heavy atom. The maximum Gasteiger partial charge on any atom is 0.161 e. The van der Waals surface area contributed by atoms with Gasteiger partial charge < -0.3 is 10.4 Å². The van der Waals surface area contributed by atoms with Crippen LogP contribution in [0.2, 0.25) is 0 Å². The molecule has 2 N–H and O–H groups in total. The van der Waals surface area contributed by atoms with Gasteiger partial charge in [0.05, 0.1) is 5.69 Å². The third-order valence-corrected chi connectivity index (χ3v) is 6.78. The van der Waals surface area contributed by atoms with E-state index in [0.29, 0.717) is 30.2 Å². The first kappa shape index (κ1) is 21.5. The molecule has 1 aliphatic carbocycles. The highest BCUT2D eigenvalue weighted by Crippen LogP contribution is 2.43. The van der Waals surface area contributed by atoms with Crippen molar-refractivity contribution < 1.29 is 14.3 Å². The molecule has 0 unspecified atom stereocenters. The fraction of sp³-hybridized carbons (Fsp3) is 0.409. The van der Waals surface area contributed by atoms with Crippen LogP contribution in [-0.2, 0) is 16.6 Å². The lowest BCUT2D eigenvalue weighted by Crippen LogP contribution is -2.42. The minimum atomic E-state index is -0.938. The molecule has 9 heteroatoms. The number of Topliss-reactive ketones (excluding diaryl/α,β-unsaturated/α-hetero) is 1. The van der Waals surface area contributed by atoms with Gasteiger partial charge in [0.1, 0.15) is 28.4 Å². The summed E-state index contributed by atoms with van der Waals surface area (Å²) in [4.78, 5) is 21.2. The molecule has 3 heterocycles. The predicted molar refractivity (Wildman–Crippen MR) is 116 cm³/mol. The van der Waals surface area contributed by atoms with E-state index in [0.717, 1.165) is 29.1 Å². The smallest absolute Gasteiger partial charge is 0.161 e. The van der Waals surface area contributed by atoms with E-state index in [1.807, 2.05) is 12.1 Å². The van der Waals surface area contributed by atoms with E-state index in [1.54, 1.807) is 18.5 Å². The topological polar surface area (TPSA) is 101 Å². The van der Waals surface area contributed by atoms with Gasteiger partial charge in [-0.25, -0.2) is 9.37 Å². The summed E-state index contributed by atoms with van der Waals surface area (Å²) in [5.74, 6) is 0.172. The Labute approximate surface area is 183 Å². The Kier molecular flexibility index (Phi) is 6.33. The molecule has 1 fully saturated rings. The molecule has 0 aliphatic heterocycles. The van der Waals surface area contributed by atoms with Crippen molar-refractivity contribution in [1.82, 2.24) is 20.2 Å². The number of nitrogens with zero attached hydrogens (tertiary/aromatic N) is 4. The molecule has 0 aromatic carbocycles. The van der Waals surface area contributed by atoms with E-state index >= 15 is 0 Å². The Morgan fingerprint density at radius 1 is 1.29 bits per heavy atom. The number of anilines is 1. The Morgan fingerprint density at radius 2 is 2.13 bits per heavy atom. The van der Waals surface area contributed by atoms with Gasteiger partial charge in [-0.2, -0.15) is 0 Å². The lowest BCUT2D eigenvalue weighted by Gasteiger charge is -2.41. The van der Waals surface area contributed by atoms with Crippen LogP contribution in [0.15, 0.2) is 36.7 Å². The molecule has 0 radical (unpaired) electrons. The van der Waals surface area contributed by atoms with Crippen LogP contribution < -0.4 is 5.32 Å². The highest BCUT2D eigenvalue weighted by atomic mass is 32.1. The van der Waals surface area contributed by atoms with E-state index in [1.165, 1.54) is 24.3 Å². The second-order valence-electron chi connectivity index (χ2n) is 7.90. The van der Waals surface area contributed by atoms with E-state index in [-0.39, 0.29) is 23.4 Å². The van der Waals surface area contributed by atoms with Gasteiger partial charge in [-0.05, 0) is 50.5 Å². The van der Waals surface area contributed by atoms with Crippen molar-refractivity contribution in [2.45, 2.75) is 50.5 Å². The zero-order valence-corrected chi connectivity index (χ0v) is 18.0.